The number of aryl methyl sites for hydroxylation is 1. The average Bonchev–Trinajstić information content (AvgIpc) is 3.65. The number of benzene rings is 3. The van der Waals surface area contributed by atoms with Gasteiger partial charge in [0, 0.05) is 36.1 Å². The van der Waals surface area contributed by atoms with Crippen molar-refractivity contribution in [1.82, 2.24) is 24.5 Å². The molecular weight excluding hydrogens is 471 g/mol. The number of rotatable bonds is 6. The lowest BCUT2D eigenvalue weighted by atomic mass is 10.1. The average molecular weight is 493 g/mol. The summed E-state index contributed by atoms with van der Waals surface area (Å²) in [7, 11) is 1.89. The van der Waals surface area contributed by atoms with Gasteiger partial charge < -0.3 is 4.52 Å². The predicted octanol–water partition coefficient (Wildman–Crippen LogP) is 5.40. The zero-order valence-electron chi connectivity index (χ0n) is 19.8. The van der Waals surface area contributed by atoms with Crippen LogP contribution in [0, 0.1) is 5.82 Å². The number of amides is 1. The number of carbonyl (C=O) groups excluding carboxylic acids is 1. The van der Waals surface area contributed by atoms with Crippen LogP contribution in [0.1, 0.15) is 5.56 Å². The molecule has 6 aromatic rings. The van der Waals surface area contributed by atoms with E-state index in [0.29, 0.717) is 11.3 Å². The number of anilines is 1. The number of fused-ring (bicyclic) bond motifs is 1. The van der Waals surface area contributed by atoms with Crippen molar-refractivity contribution < 1.29 is 13.7 Å². The Morgan fingerprint density at radius 1 is 0.973 bits per heavy atom. The first-order valence-corrected chi connectivity index (χ1v) is 11.6. The summed E-state index contributed by atoms with van der Waals surface area (Å²) in [6.45, 7) is 0. The zero-order valence-corrected chi connectivity index (χ0v) is 19.8. The van der Waals surface area contributed by atoms with E-state index in [4.69, 9.17) is 4.52 Å². The second kappa shape index (κ2) is 9.19. The highest BCUT2D eigenvalue weighted by Gasteiger charge is 2.12. The van der Waals surface area contributed by atoms with Crippen molar-refractivity contribution in [2.24, 2.45) is 7.05 Å². The molecule has 0 spiro atoms. The zero-order chi connectivity index (χ0) is 25.4. The minimum atomic E-state index is -0.331. The molecule has 0 fully saturated rings. The van der Waals surface area contributed by atoms with Gasteiger partial charge in [-0.15, -0.1) is 0 Å². The Balaban J connectivity index is 1.13. The van der Waals surface area contributed by atoms with E-state index in [9.17, 15) is 9.18 Å². The second-order valence-corrected chi connectivity index (χ2v) is 8.70. The van der Waals surface area contributed by atoms with Crippen LogP contribution >= 0.6 is 0 Å². The smallest absolute Gasteiger partial charge is 0.231 e. The Bertz CT molecular complexity index is 1710. The Labute approximate surface area is 211 Å². The van der Waals surface area contributed by atoms with Crippen molar-refractivity contribution in [2.75, 3.05) is 5.32 Å². The summed E-state index contributed by atoms with van der Waals surface area (Å²) in [5.74, 6) is -0.329. The van der Waals surface area contributed by atoms with Crippen LogP contribution in [-0.4, -0.2) is 30.4 Å². The van der Waals surface area contributed by atoms with Crippen molar-refractivity contribution in [2.45, 2.75) is 6.42 Å². The Kier molecular flexibility index (Phi) is 5.57. The van der Waals surface area contributed by atoms with Gasteiger partial charge in [0.1, 0.15) is 17.8 Å². The number of hydrogen-bond donors (Lipinski definition) is 1. The third-order valence-electron chi connectivity index (χ3n) is 6.08. The highest BCUT2D eigenvalue weighted by Crippen LogP contribution is 2.26. The van der Waals surface area contributed by atoms with Crippen LogP contribution in [0.25, 0.3) is 39.1 Å². The molecular formula is C28H21FN6O2. The van der Waals surface area contributed by atoms with Gasteiger partial charge in [0.2, 0.25) is 11.8 Å². The van der Waals surface area contributed by atoms with Gasteiger partial charge in [0.05, 0.1) is 23.7 Å². The van der Waals surface area contributed by atoms with Gasteiger partial charge in [-0.2, -0.15) is 5.10 Å². The second-order valence-electron chi connectivity index (χ2n) is 8.70. The largest absolute Gasteiger partial charge is 0.338 e. The molecule has 3 aromatic heterocycles. The molecule has 9 heteroatoms. The molecule has 6 rings (SSSR count). The van der Waals surface area contributed by atoms with E-state index in [1.807, 2.05) is 60.4 Å². The summed E-state index contributed by atoms with van der Waals surface area (Å²) in [4.78, 5) is 17.1. The molecule has 0 radical (unpaired) electrons. The van der Waals surface area contributed by atoms with Crippen molar-refractivity contribution in [3.05, 3.63) is 103 Å². The standard InChI is InChI=1S/C28H21FN6O2/c1-34-16-21(15-31-34)20-6-11-26-25(13-20)30-17-35(26)23-9-2-18(3-10-23)12-27(36)32-28-14-24(33-37-28)19-4-7-22(29)8-5-19/h2-11,13-17H,12H2,1H3,(H,32,36). The van der Waals surface area contributed by atoms with Gasteiger partial charge >= 0.3 is 0 Å². The highest BCUT2D eigenvalue weighted by atomic mass is 19.1. The molecule has 182 valence electrons. The molecule has 0 unspecified atom stereocenters. The van der Waals surface area contributed by atoms with Gasteiger partial charge in [-0.3, -0.25) is 19.4 Å². The molecule has 0 saturated heterocycles. The summed E-state index contributed by atoms with van der Waals surface area (Å²) in [5, 5.41) is 10.9. The molecule has 0 saturated carbocycles. The number of nitrogens with zero attached hydrogens (tertiary/aromatic N) is 5. The Morgan fingerprint density at radius 2 is 1.76 bits per heavy atom. The molecule has 0 atom stereocenters. The maximum absolute atomic E-state index is 13.1. The summed E-state index contributed by atoms with van der Waals surface area (Å²) in [5.41, 5.74) is 6.98. The Morgan fingerprint density at radius 3 is 2.51 bits per heavy atom. The number of nitrogens with one attached hydrogen (secondary N) is 1. The summed E-state index contributed by atoms with van der Waals surface area (Å²) in [6.07, 6.45) is 5.77. The van der Waals surface area contributed by atoms with E-state index in [2.05, 4.69) is 26.6 Å². The van der Waals surface area contributed by atoms with Crippen LogP contribution in [0.5, 0.6) is 0 Å². The molecule has 37 heavy (non-hydrogen) atoms. The van der Waals surface area contributed by atoms with E-state index in [1.165, 1.54) is 12.1 Å². The summed E-state index contributed by atoms with van der Waals surface area (Å²) in [6, 6.07) is 21.4. The molecule has 8 nitrogen and oxygen atoms in total. The Hall–Kier alpha value is -5.05. The quantitative estimate of drug-likeness (QED) is 0.336. The van der Waals surface area contributed by atoms with Crippen LogP contribution in [0.2, 0.25) is 0 Å². The number of imidazole rings is 1. The van der Waals surface area contributed by atoms with E-state index in [1.54, 1.807) is 29.2 Å². The van der Waals surface area contributed by atoms with Crippen molar-refractivity contribution in [3.63, 3.8) is 0 Å². The SMILES string of the molecule is Cn1cc(-c2ccc3c(c2)ncn3-c2ccc(CC(=O)Nc3cc(-c4ccc(F)cc4)no3)cc2)cn1. The van der Waals surface area contributed by atoms with Crippen molar-refractivity contribution in [1.29, 1.82) is 0 Å². The fourth-order valence-corrected chi connectivity index (χ4v) is 4.20. The minimum absolute atomic E-state index is 0.173. The van der Waals surface area contributed by atoms with E-state index >= 15 is 0 Å². The van der Waals surface area contributed by atoms with Gasteiger partial charge in [0.25, 0.3) is 0 Å². The predicted molar refractivity (Wildman–Crippen MR) is 138 cm³/mol. The van der Waals surface area contributed by atoms with Crippen molar-refractivity contribution in [3.8, 4) is 28.1 Å². The van der Waals surface area contributed by atoms with Crippen molar-refractivity contribution >= 4 is 22.8 Å². The molecule has 3 aromatic carbocycles. The third kappa shape index (κ3) is 4.62. The first kappa shape index (κ1) is 22.4. The van der Waals surface area contributed by atoms with Crippen LogP contribution in [0.4, 0.5) is 10.3 Å². The first-order chi connectivity index (χ1) is 18.0. The molecule has 1 amide bonds. The topological polar surface area (TPSA) is 90.8 Å². The maximum atomic E-state index is 13.1. The van der Waals surface area contributed by atoms with Crippen LogP contribution in [-0.2, 0) is 18.3 Å². The molecule has 0 bridgehead atoms. The van der Waals surface area contributed by atoms with Gasteiger partial charge in [0.15, 0.2) is 0 Å². The number of aromatic nitrogens is 5. The molecule has 0 aliphatic rings. The maximum Gasteiger partial charge on any atom is 0.231 e. The highest BCUT2D eigenvalue weighted by molar-refractivity contribution is 5.91. The van der Waals surface area contributed by atoms with Gasteiger partial charge in [-0.05, 0) is 59.7 Å². The third-order valence-corrected chi connectivity index (χ3v) is 6.08. The fraction of sp³-hybridized carbons (Fsp3) is 0.0714. The van der Waals surface area contributed by atoms with Crippen LogP contribution in [0.3, 0.4) is 0 Å². The number of carbonyl (C=O) groups is 1. The van der Waals surface area contributed by atoms with Crippen LogP contribution < -0.4 is 5.32 Å². The number of hydrogen-bond acceptors (Lipinski definition) is 5. The molecule has 0 aliphatic carbocycles. The van der Waals surface area contributed by atoms with Crippen LogP contribution in [0.15, 0.2) is 96.0 Å². The summed E-state index contributed by atoms with van der Waals surface area (Å²) < 4.78 is 22.1. The lowest BCUT2D eigenvalue weighted by Gasteiger charge is -2.07. The lowest BCUT2D eigenvalue weighted by Crippen LogP contribution is -2.13. The summed E-state index contributed by atoms with van der Waals surface area (Å²) >= 11 is 0. The molecule has 3 heterocycles. The first-order valence-electron chi connectivity index (χ1n) is 11.6. The lowest BCUT2D eigenvalue weighted by molar-refractivity contribution is -0.115. The van der Waals surface area contributed by atoms with E-state index in [-0.39, 0.29) is 24.0 Å². The molecule has 0 aliphatic heterocycles. The fourth-order valence-electron chi connectivity index (χ4n) is 4.20. The minimum Gasteiger partial charge on any atom is -0.338 e. The van der Waals surface area contributed by atoms with E-state index < -0.39 is 0 Å². The van der Waals surface area contributed by atoms with Gasteiger partial charge in [-0.25, -0.2) is 9.37 Å². The molecule has 1 N–H and O–H groups in total. The van der Waals surface area contributed by atoms with Gasteiger partial charge in [-0.1, -0.05) is 23.4 Å². The monoisotopic (exact) mass is 492 g/mol. The van der Waals surface area contributed by atoms with E-state index in [0.717, 1.165) is 33.4 Å². The normalized spacial score (nSPS) is 11.2. The number of halogens is 1.